The number of nitrogens with two attached hydrogens (primary N) is 2. The minimum absolute atomic E-state index is 0.0578. The van der Waals surface area contributed by atoms with Crippen LogP contribution in [-0.2, 0) is 0 Å². The van der Waals surface area contributed by atoms with E-state index in [1.54, 1.807) is 0 Å². The molecule has 0 aliphatic carbocycles. The standard InChI is InChI=1S/C10H14ClFN2/c1-2-3-9(13)6-4-8(12)10(14)5-7(6)11/h4-5,9H,2-3,13-14H2,1H3/t9-/m1/s1. The van der Waals surface area contributed by atoms with E-state index in [-0.39, 0.29) is 11.7 Å². The highest BCUT2D eigenvalue weighted by Gasteiger charge is 2.12. The van der Waals surface area contributed by atoms with Gasteiger partial charge in [-0.1, -0.05) is 24.9 Å². The van der Waals surface area contributed by atoms with Crippen LogP contribution in [0.4, 0.5) is 10.1 Å². The zero-order chi connectivity index (χ0) is 10.7. The van der Waals surface area contributed by atoms with Gasteiger partial charge < -0.3 is 11.5 Å². The van der Waals surface area contributed by atoms with Crippen molar-refractivity contribution < 1.29 is 4.39 Å². The lowest BCUT2D eigenvalue weighted by Gasteiger charge is -2.13. The van der Waals surface area contributed by atoms with E-state index in [0.29, 0.717) is 10.6 Å². The molecule has 0 aliphatic heterocycles. The highest BCUT2D eigenvalue weighted by molar-refractivity contribution is 6.31. The summed E-state index contributed by atoms with van der Waals surface area (Å²) in [5.41, 5.74) is 11.9. The topological polar surface area (TPSA) is 52.0 Å². The molecule has 2 nitrogen and oxygen atoms in total. The van der Waals surface area contributed by atoms with Gasteiger partial charge in [-0.05, 0) is 24.1 Å². The van der Waals surface area contributed by atoms with E-state index >= 15 is 0 Å². The van der Waals surface area contributed by atoms with Gasteiger partial charge in [0.1, 0.15) is 5.82 Å². The van der Waals surface area contributed by atoms with Gasteiger partial charge in [-0.3, -0.25) is 0 Å². The third-order valence-corrected chi connectivity index (χ3v) is 2.44. The number of rotatable bonds is 3. The molecule has 0 aromatic heterocycles. The molecule has 4 heteroatoms. The summed E-state index contributed by atoms with van der Waals surface area (Å²) in [5.74, 6) is -0.462. The summed E-state index contributed by atoms with van der Waals surface area (Å²) in [5, 5.41) is 0.435. The van der Waals surface area contributed by atoms with Crippen molar-refractivity contribution in [1.82, 2.24) is 0 Å². The summed E-state index contributed by atoms with van der Waals surface area (Å²) in [6.07, 6.45) is 1.71. The lowest BCUT2D eigenvalue weighted by atomic mass is 10.0. The van der Waals surface area contributed by atoms with Crippen molar-refractivity contribution in [2.75, 3.05) is 5.73 Å². The number of nitrogen functional groups attached to an aromatic ring is 1. The second-order valence-corrected chi connectivity index (χ2v) is 3.70. The van der Waals surface area contributed by atoms with Crippen LogP contribution in [0.2, 0.25) is 5.02 Å². The zero-order valence-corrected chi connectivity index (χ0v) is 8.81. The van der Waals surface area contributed by atoms with E-state index in [4.69, 9.17) is 23.1 Å². The Hall–Kier alpha value is -0.800. The monoisotopic (exact) mass is 216 g/mol. The first-order chi connectivity index (χ1) is 6.56. The molecule has 4 N–H and O–H groups in total. The zero-order valence-electron chi connectivity index (χ0n) is 8.06. The van der Waals surface area contributed by atoms with Gasteiger partial charge in [-0.2, -0.15) is 0 Å². The van der Waals surface area contributed by atoms with E-state index in [9.17, 15) is 4.39 Å². The Morgan fingerprint density at radius 1 is 1.50 bits per heavy atom. The molecular weight excluding hydrogens is 203 g/mol. The molecule has 0 fully saturated rings. The van der Waals surface area contributed by atoms with Crippen LogP contribution in [0.15, 0.2) is 12.1 Å². The largest absolute Gasteiger partial charge is 0.396 e. The first-order valence-corrected chi connectivity index (χ1v) is 4.94. The van der Waals surface area contributed by atoms with Gasteiger partial charge in [0.15, 0.2) is 0 Å². The predicted molar refractivity (Wildman–Crippen MR) is 57.7 cm³/mol. The van der Waals surface area contributed by atoms with Gasteiger partial charge >= 0.3 is 0 Å². The lowest BCUT2D eigenvalue weighted by Crippen LogP contribution is -2.11. The van der Waals surface area contributed by atoms with Crippen LogP contribution in [-0.4, -0.2) is 0 Å². The fourth-order valence-corrected chi connectivity index (χ4v) is 1.64. The SMILES string of the molecule is CCC[C@@H](N)c1cc(F)c(N)cc1Cl. The summed E-state index contributed by atoms with van der Waals surface area (Å²) in [7, 11) is 0. The molecular formula is C10H14ClFN2. The number of hydrogen-bond donors (Lipinski definition) is 2. The molecule has 1 aromatic carbocycles. The van der Waals surface area contributed by atoms with E-state index in [2.05, 4.69) is 0 Å². The third-order valence-electron chi connectivity index (χ3n) is 2.12. The van der Waals surface area contributed by atoms with Crippen molar-refractivity contribution in [3.05, 3.63) is 28.5 Å². The second-order valence-electron chi connectivity index (χ2n) is 3.29. The molecule has 0 radical (unpaired) electrons. The van der Waals surface area contributed by atoms with Crippen molar-refractivity contribution in [1.29, 1.82) is 0 Å². The van der Waals surface area contributed by atoms with Gasteiger partial charge in [0.25, 0.3) is 0 Å². The Labute approximate surface area is 88.0 Å². The first-order valence-electron chi connectivity index (χ1n) is 4.56. The Balaban J connectivity index is 3.02. The lowest BCUT2D eigenvalue weighted by molar-refractivity contribution is 0.608. The van der Waals surface area contributed by atoms with E-state index in [1.165, 1.54) is 12.1 Å². The smallest absolute Gasteiger partial charge is 0.146 e. The Kier molecular flexibility index (Phi) is 3.72. The summed E-state index contributed by atoms with van der Waals surface area (Å²) in [4.78, 5) is 0. The van der Waals surface area contributed by atoms with Crippen molar-refractivity contribution in [3.8, 4) is 0 Å². The normalized spacial score (nSPS) is 12.9. The molecule has 0 spiro atoms. The quantitative estimate of drug-likeness (QED) is 0.764. The average Bonchev–Trinajstić information content (AvgIpc) is 2.11. The van der Waals surface area contributed by atoms with Crippen molar-refractivity contribution in [3.63, 3.8) is 0 Å². The van der Waals surface area contributed by atoms with Crippen molar-refractivity contribution in [2.45, 2.75) is 25.8 Å². The van der Waals surface area contributed by atoms with Gasteiger partial charge in [0.2, 0.25) is 0 Å². The predicted octanol–water partition coefficient (Wildman–Crippen LogP) is 2.86. The van der Waals surface area contributed by atoms with Crippen molar-refractivity contribution in [2.24, 2.45) is 5.73 Å². The average molecular weight is 217 g/mol. The number of anilines is 1. The molecule has 1 atom stereocenters. The van der Waals surface area contributed by atoms with E-state index < -0.39 is 5.82 Å². The number of hydrogen-bond acceptors (Lipinski definition) is 2. The minimum Gasteiger partial charge on any atom is -0.396 e. The van der Waals surface area contributed by atoms with Crippen LogP contribution in [0.1, 0.15) is 31.4 Å². The van der Waals surface area contributed by atoms with Gasteiger partial charge in [-0.15, -0.1) is 0 Å². The molecule has 0 saturated carbocycles. The molecule has 0 aliphatic rings. The summed E-state index contributed by atoms with van der Waals surface area (Å²) >= 11 is 5.91. The van der Waals surface area contributed by atoms with Crippen LogP contribution in [0.3, 0.4) is 0 Å². The highest BCUT2D eigenvalue weighted by Crippen LogP contribution is 2.28. The van der Waals surface area contributed by atoms with Crippen LogP contribution in [0, 0.1) is 5.82 Å². The number of benzene rings is 1. The van der Waals surface area contributed by atoms with Gasteiger partial charge in [-0.25, -0.2) is 4.39 Å². The Morgan fingerprint density at radius 3 is 2.71 bits per heavy atom. The molecule has 78 valence electrons. The Morgan fingerprint density at radius 2 is 2.14 bits per heavy atom. The van der Waals surface area contributed by atoms with Crippen LogP contribution < -0.4 is 11.5 Å². The minimum atomic E-state index is -0.462. The van der Waals surface area contributed by atoms with Crippen LogP contribution in [0.25, 0.3) is 0 Å². The molecule has 0 bridgehead atoms. The van der Waals surface area contributed by atoms with Crippen LogP contribution in [0.5, 0.6) is 0 Å². The fourth-order valence-electron chi connectivity index (χ4n) is 1.33. The molecule has 0 amide bonds. The van der Waals surface area contributed by atoms with E-state index in [0.717, 1.165) is 12.8 Å². The fraction of sp³-hybridized carbons (Fsp3) is 0.400. The molecule has 0 saturated heterocycles. The maximum atomic E-state index is 13.1. The molecule has 14 heavy (non-hydrogen) atoms. The summed E-state index contributed by atoms with van der Waals surface area (Å²) in [6, 6.07) is 2.50. The van der Waals surface area contributed by atoms with Crippen molar-refractivity contribution >= 4 is 17.3 Å². The summed E-state index contributed by atoms with van der Waals surface area (Å²) in [6.45, 7) is 2.02. The second kappa shape index (κ2) is 4.62. The maximum Gasteiger partial charge on any atom is 0.146 e. The van der Waals surface area contributed by atoms with Gasteiger partial charge in [0, 0.05) is 11.1 Å². The molecule has 0 heterocycles. The number of halogens is 2. The molecule has 0 unspecified atom stereocenters. The molecule has 1 aromatic rings. The van der Waals surface area contributed by atoms with Crippen LogP contribution >= 0.6 is 11.6 Å². The summed E-state index contributed by atoms with van der Waals surface area (Å²) < 4.78 is 13.1. The van der Waals surface area contributed by atoms with Gasteiger partial charge in [0.05, 0.1) is 5.69 Å². The first kappa shape index (κ1) is 11.3. The highest BCUT2D eigenvalue weighted by atomic mass is 35.5. The third kappa shape index (κ3) is 2.36. The Bertz CT molecular complexity index is 328. The van der Waals surface area contributed by atoms with E-state index in [1.807, 2.05) is 6.92 Å². The maximum absolute atomic E-state index is 13.1. The molecule has 1 rings (SSSR count).